The summed E-state index contributed by atoms with van der Waals surface area (Å²) in [4.78, 5) is 5.01. The maximum atomic E-state index is 2.57. The number of fused-ring (bicyclic) bond motifs is 4. The molecule has 0 unspecified atom stereocenters. The van der Waals surface area contributed by atoms with E-state index in [2.05, 4.69) is 230 Å². The van der Waals surface area contributed by atoms with E-state index in [-0.39, 0.29) is 5.41 Å². The van der Waals surface area contributed by atoms with Gasteiger partial charge in [0, 0.05) is 39.5 Å². The van der Waals surface area contributed by atoms with Crippen LogP contribution in [0.15, 0.2) is 206 Å². The smallest absolute Gasteiger partial charge is 0.0496 e. The molecule has 4 bridgehead atoms. The fourth-order valence-corrected chi connectivity index (χ4v) is 10.0. The lowest BCUT2D eigenvalue weighted by atomic mass is 9.81. The maximum Gasteiger partial charge on any atom is 0.0496 e. The third kappa shape index (κ3) is 6.60. The lowest BCUT2D eigenvalue weighted by Gasteiger charge is -2.32. The van der Waals surface area contributed by atoms with Crippen LogP contribution >= 0.6 is 0 Å². The second kappa shape index (κ2) is 15.1. The Bertz CT molecular complexity index is 3020. The molecular weight excluding hydrogens is 737 g/mol. The molecule has 0 aromatic heterocycles. The van der Waals surface area contributed by atoms with E-state index in [0.29, 0.717) is 0 Å². The third-order valence-electron chi connectivity index (χ3n) is 13.2. The van der Waals surface area contributed by atoms with Crippen molar-refractivity contribution in [2.24, 2.45) is 0 Å². The Hall–Kier alpha value is -7.16. The van der Waals surface area contributed by atoms with Crippen molar-refractivity contribution >= 4 is 44.9 Å². The monoisotopic (exact) mass is 784 g/mol. The number of nitrogens with zero attached hydrogens (tertiary/aromatic N) is 2. The Kier molecular flexibility index (Phi) is 9.16. The lowest BCUT2D eigenvalue weighted by Crippen LogP contribution is -2.18. The van der Waals surface area contributed by atoms with Gasteiger partial charge in [-0.3, -0.25) is 0 Å². The number of hydrogen-bond acceptors (Lipinski definition) is 2. The predicted octanol–water partition coefficient (Wildman–Crippen LogP) is 15.6. The molecule has 0 saturated heterocycles. The second-order valence-electron chi connectivity index (χ2n) is 17.3. The van der Waals surface area contributed by atoms with Crippen LogP contribution in [0.25, 0.3) is 33.0 Å². The molecule has 0 heterocycles. The summed E-state index contributed by atoms with van der Waals surface area (Å²) in [6, 6.07) is 76.9. The van der Waals surface area contributed by atoms with Gasteiger partial charge in [-0.2, -0.15) is 0 Å². The van der Waals surface area contributed by atoms with E-state index in [0.717, 1.165) is 25.7 Å². The van der Waals surface area contributed by atoms with Gasteiger partial charge in [0.1, 0.15) is 0 Å². The standard InChI is InChI=1S/C59H48N2/c1-59(2)54-25-15-14-24-52(54)58-53(44-17-6-3-7-18-44)39-51(40-55(58)59)61(50-35-34-43-16-12-13-19-47(43)38-50)57-37-42-27-31-45-30-26-41(28-32-46(57)33-29-42)36-56(45)60(48-20-8-4-9-21-48)49-22-10-5-11-23-49/h3-26,29-30,33-40H,27-28,31-32H2,1-2H3. The summed E-state index contributed by atoms with van der Waals surface area (Å²) in [5, 5.41) is 2.49. The average Bonchev–Trinajstić information content (AvgIpc) is 3.54. The number of hydrogen-bond donors (Lipinski definition) is 0. The first-order chi connectivity index (χ1) is 30.0. The van der Waals surface area contributed by atoms with E-state index in [1.165, 1.54) is 101 Å². The molecule has 2 nitrogen and oxygen atoms in total. The number of rotatable bonds is 7. The molecule has 0 radical (unpaired) electrons. The van der Waals surface area contributed by atoms with Crippen LogP contribution in [-0.4, -0.2) is 0 Å². The molecule has 0 saturated carbocycles. The van der Waals surface area contributed by atoms with Crippen LogP contribution in [0.2, 0.25) is 0 Å². The highest BCUT2D eigenvalue weighted by molar-refractivity contribution is 5.97. The van der Waals surface area contributed by atoms with Crippen LogP contribution in [0.4, 0.5) is 34.1 Å². The average molecular weight is 785 g/mol. The van der Waals surface area contributed by atoms with Crippen molar-refractivity contribution in [3.05, 3.63) is 240 Å². The molecule has 294 valence electrons. The summed E-state index contributed by atoms with van der Waals surface area (Å²) in [5.74, 6) is 0. The highest BCUT2D eigenvalue weighted by Crippen LogP contribution is 2.55. The largest absolute Gasteiger partial charge is 0.310 e. The zero-order chi connectivity index (χ0) is 40.9. The molecule has 0 aliphatic heterocycles. The van der Waals surface area contributed by atoms with Crippen LogP contribution < -0.4 is 9.80 Å². The van der Waals surface area contributed by atoms with Crippen molar-refractivity contribution in [1.29, 1.82) is 0 Å². The van der Waals surface area contributed by atoms with E-state index in [9.17, 15) is 0 Å². The molecule has 9 aromatic carbocycles. The number of para-hydroxylation sites is 2. The number of anilines is 6. The first-order valence-electron chi connectivity index (χ1n) is 21.8. The molecule has 61 heavy (non-hydrogen) atoms. The van der Waals surface area contributed by atoms with Gasteiger partial charge in [-0.05, 0) is 153 Å². The number of benzene rings is 9. The molecule has 0 N–H and O–H groups in total. The minimum atomic E-state index is -0.168. The molecule has 0 spiro atoms. The lowest BCUT2D eigenvalue weighted by molar-refractivity contribution is 0.660. The Balaban J connectivity index is 1.09. The summed E-state index contributed by atoms with van der Waals surface area (Å²) < 4.78 is 0. The summed E-state index contributed by atoms with van der Waals surface area (Å²) in [5.41, 5.74) is 20.4. The van der Waals surface area contributed by atoms with E-state index in [1.54, 1.807) is 0 Å². The minimum Gasteiger partial charge on any atom is -0.310 e. The maximum absolute atomic E-state index is 2.57. The summed E-state index contributed by atoms with van der Waals surface area (Å²) in [7, 11) is 0. The molecule has 0 fully saturated rings. The molecule has 5 aliphatic carbocycles. The molecular formula is C59H48N2. The quantitative estimate of drug-likeness (QED) is 0.159. The minimum absolute atomic E-state index is 0.168. The van der Waals surface area contributed by atoms with Gasteiger partial charge in [0.25, 0.3) is 0 Å². The van der Waals surface area contributed by atoms with Crippen molar-refractivity contribution < 1.29 is 0 Å². The van der Waals surface area contributed by atoms with Crippen LogP contribution in [-0.2, 0) is 31.1 Å². The Morgan fingerprint density at radius 1 is 0.361 bits per heavy atom. The Morgan fingerprint density at radius 3 is 1.54 bits per heavy atom. The van der Waals surface area contributed by atoms with Crippen LogP contribution in [0, 0.1) is 0 Å². The van der Waals surface area contributed by atoms with Gasteiger partial charge in [0.15, 0.2) is 0 Å². The van der Waals surface area contributed by atoms with Gasteiger partial charge in [-0.1, -0.05) is 159 Å². The van der Waals surface area contributed by atoms with E-state index in [4.69, 9.17) is 0 Å². The zero-order valence-corrected chi connectivity index (χ0v) is 34.9. The highest BCUT2D eigenvalue weighted by Gasteiger charge is 2.38. The summed E-state index contributed by atoms with van der Waals surface area (Å²) >= 11 is 0. The molecule has 2 heteroatoms. The fraction of sp³-hybridized carbons (Fsp3) is 0.119. The molecule has 0 atom stereocenters. The Labute approximate surface area is 360 Å². The SMILES string of the molecule is CC1(C)c2ccccc2-c2c(-c3ccccc3)cc(N(c3ccc4ccccc4c3)c3cc4ccc3CCc3ccc(c(N(c5ccccc5)c5ccccc5)c3)CC4)cc21. The van der Waals surface area contributed by atoms with E-state index >= 15 is 0 Å². The Morgan fingerprint density at radius 2 is 0.902 bits per heavy atom. The van der Waals surface area contributed by atoms with E-state index < -0.39 is 0 Å². The molecule has 5 aliphatic rings. The predicted molar refractivity (Wildman–Crippen MR) is 258 cm³/mol. The topological polar surface area (TPSA) is 6.48 Å². The van der Waals surface area contributed by atoms with Gasteiger partial charge >= 0.3 is 0 Å². The van der Waals surface area contributed by atoms with Crippen LogP contribution in [0.3, 0.4) is 0 Å². The third-order valence-corrected chi connectivity index (χ3v) is 13.2. The summed E-state index contributed by atoms with van der Waals surface area (Å²) in [6.07, 6.45) is 3.67. The van der Waals surface area contributed by atoms with Gasteiger partial charge in [-0.15, -0.1) is 0 Å². The van der Waals surface area contributed by atoms with Crippen molar-refractivity contribution in [2.75, 3.05) is 9.80 Å². The van der Waals surface area contributed by atoms with Crippen molar-refractivity contribution in [2.45, 2.75) is 44.9 Å². The van der Waals surface area contributed by atoms with Crippen molar-refractivity contribution in [3.63, 3.8) is 0 Å². The fourth-order valence-electron chi connectivity index (χ4n) is 10.0. The first kappa shape index (κ1) is 36.9. The normalized spacial score (nSPS) is 13.6. The highest BCUT2D eigenvalue weighted by atomic mass is 15.2. The van der Waals surface area contributed by atoms with Gasteiger partial charge < -0.3 is 9.80 Å². The van der Waals surface area contributed by atoms with Crippen LogP contribution in [0.1, 0.15) is 47.2 Å². The zero-order valence-electron chi connectivity index (χ0n) is 34.9. The summed E-state index contributed by atoms with van der Waals surface area (Å²) in [6.45, 7) is 4.80. The molecule has 0 amide bonds. The van der Waals surface area contributed by atoms with Crippen molar-refractivity contribution in [3.8, 4) is 22.3 Å². The van der Waals surface area contributed by atoms with Gasteiger partial charge in [-0.25, -0.2) is 0 Å². The van der Waals surface area contributed by atoms with Crippen molar-refractivity contribution in [1.82, 2.24) is 0 Å². The molecule has 9 aromatic rings. The molecule has 14 rings (SSSR count). The second-order valence-corrected chi connectivity index (χ2v) is 17.3. The van der Waals surface area contributed by atoms with Gasteiger partial charge in [0.2, 0.25) is 0 Å². The van der Waals surface area contributed by atoms with Crippen LogP contribution in [0.5, 0.6) is 0 Å². The van der Waals surface area contributed by atoms with E-state index in [1.807, 2.05) is 0 Å². The number of aryl methyl sites for hydroxylation is 4. The van der Waals surface area contributed by atoms with Gasteiger partial charge in [0.05, 0.1) is 0 Å². The first-order valence-corrected chi connectivity index (χ1v) is 21.8.